The Bertz CT molecular complexity index is 556. The molecule has 0 spiro atoms. The maximum atomic E-state index is 12.8. The Morgan fingerprint density at radius 1 is 1.00 bits per heavy atom. The van der Waals surface area contributed by atoms with Gasteiger partial charge >= 0.3 is 12.1 Å². The first-order valence-corrected chi connectivity index (χ1v) is 9.56. The number of ether oxygens (including phenoxy) is 1. The zero-order valence-corrected chi connectivity index (χ0v) is 17.9. The summed E-state index contributed by atoms with van der Waals surface area (Å²) in [6.07, 6.45) is -1.09. The van der Waals surface area contributed by atoms with Crippen molar-refractivity contribution in [2.24, 2.45) is 11.8 Å². The largest absolute Gasteiger partial charge is 0.481 e. The zero-order chi connectivity index (χ0) is 22.1. The lowest BCUT2D eigenvalue weighted by Crippen LogP contribution is -2.57. The fourth-order valence-electron chi connectivity index (χ4n) is 2.41. The fourth-order valence-corrected chi connectivity index (χ4v) is 2.41. The zero-order valence-electron chi connectivity index (χ0n) is 17.9. The van der Waals surface area contributed by atoms with Crippen molar-refractivity contribution in [3.8, 4) is 0 Å². The number of carbonyl (C=O) groups is 4. The van der Waals surface area contributed by atoms with Crippen LogP contribution in [0.3, 0.4) is 0 Å². The van der Waals surface area contributed by atoms with Gasteiger partial charge in [0.2, 0.25) is 11.8 Å². The van der Waals surface area contributed by atoms with Gasteiger partial charge in [0.15, 0.2) is 0 Å². The molecule has 0 heterocycles. The van der Waals surface area contributed by atoms with Gasteiger partial charge in [-0.15, -0.1) is 0 Å². The van der Waals surface area contributed by atoms with E-state index in [1.54, 1.807) is 20.8 Å². The van der Waals surface area contributed by atoms with Crippen molar-refractivity contribution in [3.63, 3.8) is 0 Å². The summed E-state index contributed by atoms with van der Waals surface area (Å²) >= 11 is 0. The van der Waals surface area contributed by atoms with Gasteiger partial charge in [0, 0.05) is 0 Å². The standard InChI is InChI=1S/C19H35N3O6/c1-8-12(4)16(22-18(27)28-19(5,6)7)17(26)21-13(9-11(2)3)20-14(23)10-15(24)25/h11-13,16H,8-10H2,1-7H3,(H,20,23)(H,21,26)(H,22,27)(H,24,25)/t12-,13+,16-/m0/s1. The molecule has 28 heavy (non-hydrogen) atoms. The molecule has 0 saturated heterocycles. The maximum absolute atomic E-state index is 12.8. The Hall–Kier alpha value is -2.32. The van der Waals surface area contributed by atoms with Crippen molar-refractivity contribution in [1.29, 1.82) is 0 Å². The third-order valence-electron chi connectivity index (χ3n) is 3.84. The summed E-state index contributed by atoms with van der Waals surface area (Å²) in [6, 6.07) is -0.856. The Kier molecular flexibility index (Phi) is 10.6. The van der Waals surface area contributed by atoms with Crippen LogP contribution in [0.1, 0.15) is 67.7 Å². The predicted molar refractivity (Wildman–Crippen MR) is 104 cm³/mol. The van der Waals surface area contributed by atoms with Gasteiger partial charge in [0.25, 0.3) is 0 Å². The molecule has 0 unspecified atom stereocenters. The molecule has 0 bridgehead atoms. The van der Waals surface area contributed by atoms with E-state index < -0.39 is 48.1 Å². The lowest BCUT2D eigenvalue weighted by molar-refractivity contribution is -0.140. The van der Waals surface area contributed by atoms with Gasteiger partial charge in [-0.3, -0.25) is 14.4 Å². The smallest absolute Gasteiger partial charge is 0.408 e. The molecule has 0 saturated carbocycles. The van der Waals surface area contributed by atoms with E-state index in [-0.39, 0.29) is 11.8 Å². The highest BCUT2D eigenvalue weighted by molar-refractivity contribution is 5.93. The quantitative estimate of drug-likeness (QED) is 0.327. The molecule has 0 aliphatic rings. The van der Waals surface area contributed by atoms with E-state index in [1.807, 2.05) is 27.7 Å². The van der Waals surface area contributed by atoms with Crippen LogP contribution >= 0.6 is 0 Å². The second kappa shape index (κ2) is 11.5. The van der Waals surface area contributed by atoms with Crippen LogP contribution in [-0.4, -0.2) is 46.8 Å². The summed E-state index contributed by atoms with van der Waals surface area (Å²) in [5.41, 5.74) is -0.703. The summed E-state index contributed by atoms with van der Waals surface area (Å²) < 4.78 is 5.23. The fraction of sp³-hybridized carbons (Fsp3) is 0.789. The van der Waals surface area contributed by atoms with Crippen LogP contribution in [0, 0.1) is 11.8 Å². The van der Waals surface area contributed by atoms with E-state index in [0.717, 1.165) is 0 Å². The van der Waals surface area contributed by atoms with E-state index in [2.05, 4.69) is 16.0 Å². The summed E-state index contributed by atoms with van der Waals surface area (Å²) in [4.78, 5) is 47.4. The topological polar surface area (TPSA) is 134 Å². The van der Waals surface area contributed by atoms with Gasteiger partial charge in [-0.1, -0.05) is 34.1 Å². The second-order valence-electron chi connectivity index (χ2n) is 8.34. The normalized spacial score (nSPS) is 14.6. The number of carboxylic acids is 1. The summed E-state index contributed by atoms with van der Waals surface area (Å²) in [7, 11) is 0. The van der Waals surface area contributed by atoms with Crippen molar-refractivity contribution < 1.29 is 29.0 Å². The van der Waals surface area contributed by atoms with Crippen molar-refractivity contribution in [2.45, 2.75) is 85.5 Å². The Morgan fingerprint density at radius 3 is 2.00 bits per heavy atom. The highest BCUT2D eigenvalue weighted by Gasteiger charge is 2.30. The van der Waals surface area contributed by atoms with Crippen LogP contribution in [0.25, 0.3) is 0 Å². The minimum Gasteiger partial charge on any atom is -0.481 e. The third-order valence-corrected chi connectivity index (χ3v) is 3.84. The highest BCUT2D eigenvalue weighted by Crippen LogP contribution is 2.12. The number of hydrogen-bond donors (Lipinski definition) is 4. The Labute approximate surface area is 167 Å². The minimum atomic E-state index is -1.25. The average Bonchev–Trinajstić information content (AvgIpc) is 2.48. The molecule has 9 nitrogen and oxygen atoms in total. The number of rotatable bonds is 10. The van der Waals surface area contributed by atoms with Crippen molar-refractivity contribution in [1.82, 2.24) is 16.0 Å². The molecule has 3 atom stereocenters. The SMILES string of the molecule is CC[C@H](C)[C@H](NC(=O)OC(C)(C)C)C(=O)N[C@H](CC(C)C)NC(=O)CC(=O)O. The minimum absolute atomic E-state index is 0.135. The van der Waals surface area contributed by atoms with Crippen LogP contribution in [0.4, 0.5) is 4.79 Å². The number of hydrogen-bond acceptors (Lipinski definition) is 5. The predicted octanol–water partition coefficient (Wildman–Crippen LogP) is 2.01. The van der Waals surface area contributed by atoms with Crippen LogP contribution in [0.2, 0.25) is 0 Å². The van der Waals surface area contributed by atoms with Crippen LogP contribution < -0.4 is 16.0 Å². The van der Waals surface area contributed by atoms with Gasteiger partial charge in [-0.2, -0.15) is 0 Å². The van der Waals surface area contributed by atoms with Gasteiger partial charge in [0.05, 0.1) is 0 Å². The number of amides is 3. The lowest BCUT2D eigenvalue weighted by atomic mass is 9.98. The Morgan fingerprint density at radius 2 is 1.57 bits per heavy atom. The first kappa shape index (κ1) is 25.7. The van der Waals surface area contributed by atoms with Crippen molar-refractivity contribution in [2.75, 3.05) is 0 Å². The molecule has 0 radical (unpaired) electrons. The Balaban J connectivity index is 5.21. The van der Waals surface area contributed by atoms with Crippen LogP contribution in [0.5, 0.6) is 0 Å². The molecule has 0 aromatic heterocycles. The molecule has 0 aromatic rings. The molecular weight excluding hydrogens is 366 g/mol. The van der Waals surface area contributed by atoms with E-state index in [1.165, 1.54) is 0 Å². The summed E-state index contributed by atoms with van der Waals surface area (Å²) in [5.74, 6) is -2.46. The molecule has 9 heteroatoms. The van der Waals surface area contributed by atoms with Crippen molar-refractivity contribution >= 4 is 23.9 Å². The van der Waals surface area contributed by atoms with Gasteiger partial charge < -0.3 is 25.8 Å². The van der Waals surface area contributed by atoms with Crippen LogP contribution in [0.15, 0.2) is 0 Å². The molecule has 0 aliphatic heterocycles. The first-order valence-electron chi connectivity index (χ1n) is 9.56. The number of aliphatic carboxylic acids is 1. The van der Waals surface area contributed by atoms with E-state index in [4.69, 9.17) is 9.84 Å². The van der Waals surface area contributed by atoms with E-state index in [9.17, 15) is 19.2 Å². The molecule has 0 aliphatic carbocycles. The average molecular weight is 402 g/mol. The van der Waals surface area contributed by atoms with Gasteiger partial charge in [-0.25, -0.2) is 4.79 Å². The molecule has 0 aromatic carbocycles. The summed E-state index contributed by atoms with van der Waals surface area (Å²) in [5, 5.41) is 16.5. The first-order chi connectivity index (χ1) is 12.7. The van der Waals surface area contributed by atoms with E-state index >= 15 is 0 Å². The maximum Gasteiger partial charge on any atom is 0.408 e. The molecule has 3 amide bonds. The molecule has 162 valence electrons. The van der Waals surface area contributed by atoms with Gasteiger partial charge in [-0.05, 0) is 39.0 Å². The monoisotopic (exact) mass is 401 g/mol. The van der Waals surface area contributed by atoms with E-state index in [0.29, 0.717) is 12.8 Å². The molecule has 0 rings (SSSR count). The number of alkyl carbamates (subject to hydrolysis) is 1. The second-order valence-corrected chi connectivity index (χ2v) is 8.34. The number of nitrogens with one attached hydrogen (secondary N) is 3. The number of carboxylic acid groups (broad SMARTS) is 1. The molecule has 0 fully saturated rings. The molecular formula is C19H35N3O6. The molecule has 4 N–H and O–H groups in total. The van der Waals surface area contributed by atoms with Crippen LogP contribution in [-0.2, 0) is 19.1 Å². The summed E-state index contributed by atoms with van der Waals surface area (Å²) in [6.45, 7) is 12.7. The van der Waals surface area contributed by atoms with Gasteiger partial charge in [0.1, 0.15) is 24.2 Å². The lowest BCUT2D eigenvalue weighted by Gasteiger charge is -2.29. The van der Waals surface area contributed by atoms with Crippen molar-refractivity contribution in [3.05, 3.63) is 0 Å². The highest BCUT2D eigenvalue weighted by atomic mass is 16.6. The number of carbonyl (C=O) groups excluding carboxylic acids is 3. The third kappa shape index (κ3) is 11.4.